The first-order valence-corrected chi connectivity index (χ1v) is 8.09. The van der Waals surface area contributed by atoms with Gasteiger partial charge in [-0.15, -0.1) is 0 Å². The second kappa shape index (κ2) is 5.55. The molecule has 102 valence electrons. The van der Waals surface area contributed by atoms with Crippen molar-refractivity contribution >= 4 is 10.2 Å². The molecule has 1 aliphatic carbocycles. The molecule has 5 nitrogen and oxygen atoms in total. The molecule has 1 atom stereocenters. The molecule has 2 fully saturated rings. The van der Waals surface area contributed by atoms with Crippen LogP contribution in [0.4, 0.5) is 0 Å². The second-order valence-electron chi connectivity index (χ2n) is 5.36. The van der Waals surface area contributed by atoms with Gasteiger partial charge in [-0.3, -0.25) is 0 Å². The number of hydrogen-bond donors (Lipinski definition) is 0. The van der Waals surface area contributed by atoms with Gasteiger partial charge >= 0.3 is 0 Å². The molecule has 0 aromatic heterocycles. The maximum atomic E-state index is 12.6. The van der Waals surface area contributed by atoms with E-state index in [1.807, 2.05) is 6.07 Å². The molecule has 0 bridgehead atoms. The van der Waals surface area contributed by atoms with Crippen molar-refractivity contribution in [1.82, 2.24) is 8.61 Å². The van der Waals surface area contributed by atoms with Gasteiger partial charge in [-0.2, -0.15) is 22.3 Å². The Bertz CT molecular complexity index is 425. The highest BCUT2D eigenvalue weighted by Crippen LogP contribution is 2.32. The Labute approximate surface area is 110 Å². The van der Waals surface area contributed by atoms with Crippen LogP contribution in [0.25, 0.3) is 0 Å². The van der Waals surface area contributed by atoms with E-state index in [1.165, 1.54) is 0 Å². The number of piperidine rings is 1. The molecular formula is C12H21N3O2S. The van der Waals surface area contributed by atoms with Crippen molar-refractivity contribution in [3.63, 3.8) is 0 Å². The predicted molar refractivity (Wildman–Crippen MR) is 68.8 cm³/mol. The minimum absolute atomic E-state index is 0.139. The topological polar surface area (TPSA) is 64.4 Å². The minimum atomic E-state index is -3.35. The van der Waals surface area contributed by atoms with Crippen molar-refractivity contribution in [2.75, 3.05) is 19.6 Å². The molecule has 0 aromatic carbocycles. The van der Waals surface area contributed by atoms with Gasteiger partial charge in [0.2, 0.25) is 0 Å². The first kappa shape index (κ1) is 13.8. The predicted octanol–water partition coefficient (Wildman–Crippen LogP) is 1.34. The molecular weight excluding hydrogens is 250 g/mol. The summed E-state index contributed by atoms with van der Waals surface area (Å²) in [7, 11) is -3.35. The summed E-state index contributed by atoms with van der Waals surface area (Å²) in [5.74, 6) is 0.436. The summed E-state index contributed by atoms with van der Waals surface area (Å²) in [6.45, 7) is 3.69. The zero-order valence-electron chi connectivity index (χ0n) is 10.9. The largest absolute Gasteiger partial charge is 0.282 e. The summed E-state index contributed by atoms with van der Waals surface area (Å²) in [6.07, 6.45) is 4.20. The van der Waals surface area contributed by atoms with Gasteiger partial charge < -0.3 is 0 Å². The van der Waals surface area contributed by atoms with Crippen LogP contribution >= 0.6 is 0 Å². The van der Waals surface area contributed by atoms with Crippen molar-refractivity contribution < 1.29 is 8.42 Å². The lowest BCUT2D eigenvalue weighted by molar-refractivity contribution is 0.256. The van der Waals surface area contributed by atoms with Crippen molar-refractivity contribution in [2.45, 2.75) is 45.1 Å². The Hall–Kier alpha value is -0.640. The maximum absolute atomic E-state index is 12.6. The lowest BCUT2D eigenvalue weighted by Gasteiger charge is -2.34. The molecule has 1 saturated carbocycles. The third-order valence-electron chi connectivity index (χ3n) is 3.64. The third kappa shape index (κ3) is 3.02. The SMILES string of the molecule is CC1CCCN(S(=O)(=O)N(CCC#N)C2CC2)C1. The van der Waals surface area contributed by atoms with Crippen molar-refractivity contribution in [1.29, 1.82) is 5.26 Å². The van der Waals surface area contributed by atoms with Gasteiger partial charge in [0.15, 0.2) is 0 Å². The summed E-state index contributed by atoms with van der Waals surface area (Å²) in [4.78, 5) is 0. The van der Waals surface area contributed by atoms with Gasteiger partial charge in [-0.05, 0) is 31.6 Å². The Morgan fingerprint density at radius 1 is 1.39 bits per heavy atom. The summed E-state index contributed by atoms with van der Waals surface area (Å²) < 4.78 is 28.3. The summed E-state index contributed by atoms with van der Waals surface area (Å²) in [5.41, 5.74) is 0. The normalized spacial score (nSPS) is 26.2. The van der Waals surface area contributed by atoms with Crippen LogP contribution in [0.2, 0.25) is 0 Å². The highest BCUT2D eigenvalue weighted by Gasteiger charge is 2.40. The molecule has 6 heteroatoms. The van der Waals surface area contributed by atoms with E-state index in [9.17, 15) is 8.42 Å². The quantitative estimate of drug-likeness (QED) is 0.758. The fourth-order valence-corrected chi connectivity index (χ4v) is 4.52. The van der Waals surface area contributed by atoms with Crippen LogP contribution in [-0.4, -0.2) is 42.7 Å². The smallest absolute Gasteiger partial charge is 0.198 e. The first-order chi connectivity index (χ1) is 8.55. The van der Waals surface area contributed by atoms with E-state index < -0.39 is 10.2 Å². The van der Waals surface area contributed by atoms with Gasteiger partial charge in [0.25, 0.3) is 10.2 Å². The minimum Gasteiger partial charge on any atom is -0.198 e. The zero-order valence-corrected chi connectivity index (χ0v) is 11.7. The molecule has 0 aromatic rings. The Morgan fingerprint density at radius 3 is 2.67 bits per heavy atom. The van der Waals surface area contributed by atoms with Gasteiger partial charge in [-0.25, -0.2) is 0 Å². The molecule has 0 radical (unpaired) electrons. The highest BCUT2D eigenvalue weighted by molar-refractivity contribution is 7.86. The third-order valence-corrected chi connectivity index (χ3v) is 5.70. The fraction of sp³-hybridized carbons (Fsp3) is 0.917. The Morgan fingerprint density at radius 2 is 2.11 bits per heavy atom. The average molecular weight is 271 g/mol. The molecule has 1 unspecified atom stereocenters. The second-order valence-corrected chi connectivity index (χ2v) is 7.24. The summed E-state index contributed by atoms with van der Waals surface area (Å²) >= 11 is 0. The lowest BCUT2D eigenvalue weighted by atomic mass is 10.0. The molecule has 1 aliphatic heterocycles. The number of nitriles is 1. The molecule has 0 amide bonds. The van der Waals surface area contributed by atoms with E-state index in [2.05, 4.69) is 6.92 Å². The van der Waals surface area contributed by atoms with Gasteiger partial charge in [0, 0.05) is 32.1 Å². The van der Waals surface area contributed by atoms with Crippen LogP contribution in [0.5, 0.6) is 0 Å². The van der Waals surface area contributed by atoms with Gasteiger partial charge in [-0.1, -0.05) is 6.92 Å². The van der Waals surface area contributed by atoms with Crippen molar-refractivity contribution in [3.05, 3.63) is 0 Å². The van der Waals surface area contributed by atoms with Crippen LogP contribution in [-0.2, 0) is 10.2 Å². The first-order valence-electron chi connectivity index (χ1n) is 6.69. The fourth-order valence-electron chi connectivity index (χ4n) is 2.51. The zero-order chi connectivity index (χ0) is 13.2. The summed E-state index contributed by atoms with van der Waals surface area (Å²) in [6, 6.07) is 2.18. The van der Waals surface area contributed by atoms with Crippen molar-refractivity contribution in [2.24, 2.45) is 5.92 Å². The van der Waals surface area contributed by atoms with Crippen LogP contribution < -0.4 is 0 Å². The van der Waals surface area contributed by atoms with Crippen molar-refractivity contribution in [3.8, 4) is 6.07 Å². The average Bonchev–Trinajstić information content (AvgIpc) is 3.14. The summed E-state index contributed by atoms with van der Waals surface area (Å²) in [5, 5.41) is 8.65. The van der Waals surface area contributed by atoms with E-state index in [-0.39, 0.29) is 12.5 Å². The van der Waals surface area contributed by atoms with E-state index >= 15 is 0 Å². The van der Waals surface area contributed by atoms with E-state index in [0.29, 0.717) is 25.6 Å². The van der Waals surface area contributed by atoms with Crippen LogP contribution in [0.15, 0.2) is 0 Å². The van der Waals surface area contributed by atoms with Crippen LogP contribution in [0.1, 0.15) is 39.0 Å². The Balaban J connectivity index is 2.09. The van der Waals surface area contributed by atoms with E-state index in [1.54, 1.807) is 8.61 Å². The van der Waals surface area contributed by atoms with Gasteiger partial charge in [0.1, 0.15) is 0 Å². The van der Waals surface area contributed by atoms with Crippen LogP contribution in [0.3, 0.4) is 0 Å². The Kier molecular flexibility index (Phi) is 4.25. The van der Waals surface area contributed by atoms with Crippen LogP contribution in [0, 0.1) is 17.2 Å². The molecule has 18 heavy (non-hydrogen) atoms. The molecule has 1 heterocycles. The number of nitrogens with zero attached hydrogens (tertiary/aromatic N) is 3. The number of rotatable bonds is 5. The molecule has 0 spiro atoms. The highest BCUT2D eigenvalue weighted by atomic mass is 32.2. The molecule has 2 aliphatic rings. The van der Waals surface area contributed by atoms with E-state index in [0.717, 1.165) is 25.7 Å². The molecule has 0 N–H and O–H groups in total. The maximum Gasteiger partial charge on any atom is 0.282 e. The number of hydrogen-bond acceptors (Lipinski definition) is 3. The van der Waals surface area contributed by atoms with Gasteiger partial charge in [0.05, 0.1) is 6.07 Å². The standard InChI is InChI=1S/C12H21N3O2S/c1-11-4-2-8-14(10-11)18(16,17)15(9-3-7-13)12-5-6-12/h11-12H,2-6,8-10H2,1H3. The lowest BCUT2D eigenvalue weighted by Crippen LogP contribution is -2.48. The molecule has 1 saturated heterocycles. The monoisotopic (exact) mass is 271 g/mol. The van der Waals surface area contributed by atoms with E-state index in [4.69, 9.17) is 5.26 Å². The molecule has 2 rings (SSSR count).